The van der Waals surface area contributed by atoms with Gasteiger partial charge in [-0.15, -0.1) is 0 Å². The number of nitro benzene ring substituents is 1. The molecule has 40 heavy (non-hydrogen) atoms. The Hall–Kier alpha value is -6.33. The highest BCUT2D eigenvalue weighted by molar-refractivity contribution is 5.89. The van der Waals surface area contributed by atoms with Crippen LogP contribution >= 0.6 is 0 Å². The van der Waals surface area contributed by atoms with Gasteiger partial charge in [0, 0.05) is 29.0 Å². The summed E-state index contributed by atoms with van der Waals surface area (Å²) in [4.78, 5) is 24.4. The van der Waals surface area contributed by atoms with Gasteiger partial charge < -0.3 is 5.73 Å². The number of nitrogens with two attached hydrogens (primary N) is 1. The second-order valence-electron chi connectivity index (χ2n) is 8.45. The van der Waals surface area contributed by atoms with Gasteiger partial charge in [0.05, 0.1) is 22.4 Å². The lowest BCUT2D eigenvalue weighted by molar-refractivity contribution is -0.384. The first-order valence-corrected chi connectivity index (χ1v) is 11.8. The zero-order valence-electron chi connectivity index (χ0n) is 20.7. The van der Waals surface area contributed by atoms with Gasteiger partial charge in [0.25, 0.3) is 11.2 Å². The van der Waals surface area contributed by atoms with Crippen LogP contribution in [0.5, 0.6) is 0 Å². The summed E-state index contributed by atoms with van der Waals surface area (Å²) in [6.07, 6.45) is 3.08. The van der Waals surface area contributed by atoms with Gasteiger partial charge in [-0.3, -0.25) is 14.9 Å². The van der Waals surface area contributed by atoms with Gasteiger partial charge in [0.2, 0.25) is 0 Å². The molecule has 5 rings (SSSR count). The van der Waals surface area contributed by atoms with Crippen molar-refractivity contribution in [2.24, 2.45) is 5.10 Å². The zero-order valence-corrected chi connectivity index (χ0v) is 20.7. The Balaban J connectivity index is 1.70. The van der Waals surface area contributed by atoms with E-state index in [-0.39, 0.29) is 28.2 Å². The predicted octanol–water partition coefficient (Wildman–Crippen LogP) is 4.48. The van der Waals surface area contributed by atoms with Gasteiger partial charge in [-0.1, -0.05) is 60.7 Å². The molecule has 0 amide bonds. The second kappa shape index (κ2) is 10.6. The lowest BCUT2D eigenvalue weighted by Gasteiger charge is -2.12. The third kappa shape index (κ3) is 4.47. The molecule has 11 heteroatoms. The number of aromatic nitrogens is 3. The first-order valence-electron chi connectivity index (χ1n) is 11.8. The molecule has 0 aliphatic carbocycles. The third-order valence-electron chi connectivity index (χ3n) is 6.11. The van der Waals surface area contributed by atoms with Crippen LogP contribution in [0.25, 0.3) is 28.1 Å². The number of nitrogens with zero attached hydrogens (tertiary/aromatic N) is 7. The van der Waals surface area contributed by atoms with Gasteiger partial charge in [-0.25, -0.2) is 4.68 Å². The number of para-hydroxylation sites is 2. The third-order valence-corrected chi connectivity index (χ3v) is 6.11. The molecule has 192 valence electrons. The van der Waals surface area contributed by atoms with Crippen LogP contribution < -0.4 is 11.3 Å². The molecule has 0 bridgehead atoms. The van der Waals surface area contributed by atoms with Crippen molar-refractivity contribution in [1.29, 1.82) is 10.5 Å². The van der Waals surface area contributed by atoms with Crippen molar-refractivity contribution in [2.75, 3.05) is 5.73 Å². The first kappa shape index (κ1) is 25.3. The highest BCUT2D eigenvalue weighted by atomic mass is 16.6. The molecule has 2 heterocycles. The van der Waals surface area contributed by atoms with Crippen molar-refractivity contribution in [3.63, 3.8) is 0 Å². The minimum atomic E-state index is -0.930. The van der Waals surface area contributed by atoms with Gasteiger partial charge >= 0.3 is 0 Å². The number of nitrogen functional groups attached to an aromatic ring is 1. The van der Waals surface area contributed by atoms with Gasteiger partial charge in [0.1, 0.15) is 34.8 Å². The molecule has 2 aromatic heterocycles. The van der Waals surface area contributed by atoms with Crippen molar-refractivity contribution in [3.8, 4) is 40.2 Å². The van der Waals surface area contributed by atoms with E-state index in [2.05, 4.69) is 5.10 Å². The number of anilines is 1. The fourth-order valence-corrected chi connectivity index (χ4v) is 4.26. The highest BCUT2D eigenvalue weighted by Gasteiger charge is 2.26. The Bertz CT molecular complexity index is 1930. The number of hydrogen-bond acceptors (Lipinski definition) is 8. The van der Waals surface area contributed by atoms with Crippen molar-refractivity contribution in [3.05, 3.63) is 128 Å². The summed E-state index contributed by atoms with van der Waals surface area (Å²) in [5.41, 5.74) is 6.52. The molecule has 0 radical (unpaired) electrons. The number of rotatable bonds is 6. The van der Waals surface area contributed by atoms with Crippen LogP contribution in [-0.4, -0.2) is 25.6 Å². The van der Waals surface area contributed by atoms with E-state index in [0.717, 1.165) is 15.9 Å². The van der Waals surface area contributed by atoms with Crippen molar-refractivity contribution in [1.82, 2.24) is 14.5 Å². The Morgan fingerprint density at radius 1 is 0.925 bits per heavy atom. The largest absolute Gasteiger partial charge is 0.382 e. The summed E-state index contributed by atoms with van der Waals surface area (Å²) in [6, 6.07) is 27.9. The lowest BCUT2D eigenvalue weighted by atomic mass is 9.95. The maximum atomic E-state index is 13.4. The van der Waals surface area contributed by atoms with E-state index in [4.69, 9.17) is 10.8 Å². The van der Waals surface area contributed by atoms with E-state index in [1.165, 1.54) is 30.5 Å². The molecule has 0 spiro atoms. The Kier molecular flexibility index (Phi) is 6.69. The fourth-order valence-electron chi connectivity index (χ4n) is 4.26. The van der Waals surface area contributed by atoms with E-state index in [1.54, 1.807) is 16.9 Å². The summed E-state index contributed by atoms with van der Waals surface area (Å²) >= 11 is 0. The second-order valence-corrected chi connectivity index (χ2v) is 8.45. The van der Waals surface area contributed by atoms with Gasteiger partial charge in [0.15, 0.2) is 0 Å². The van der Waals surface area contributed by atoms with Crippen LogP contribution in [0.15, 0.2) is 101 Å². The quantitative estimate of drug-likeness (QED) is 0.193. The normalized spacial score (nSPS) is 10.8. The predicted molar refractivity (Wildman–Crippen MR) is 149 cm³/mol. The molecule has 2 N–H and O–H groups in total. The molecule has 0 aliphatic heterocycles. The SMILES string of the molecule is N#Cc1c(-c2ccccc2[N+](=O)[O-])c(C#N)c(=O)n(/N=C/c2cn(-c3ccccc3)nc2-c2ccccc2)c1N. The number of pyridine rings is 1. The monoisotopic (exact) mass is 526 g/mol. The Morgan fingerprint density at radius 2 is 1.55 bits per heavy atom. The Morgan fingerprint density at radius 3 is 2.20 bits per heavy atom. The minimum absolute atomic E-state index is 0.0731. The number of nitro groups is 1. The molecule has 0 fully saturated rings. The number of hydrogen-bond donors (Lipinski definition) is 1. The topological polar surface area (TPSA) is 169 Å². The molecule has 0 saturated carbocycles. The summed E-state index contributed by atoms with van der Waals surface area (Å²) in [6.45, 7) is 0. The average Bonchev–Trinajstić information content (AvgIpc) is 3.42. The average molecular weight is 527 g/mol. The highest BCUT2D eigenvalue weighted by Crippen LogP contribution is 2.35. The summed E-state index contributed by atoms with van der Waals surface area (Å²) < 4.78 is 2.40. The molecule has 11 nitrogen and oxygen atoms in total. The van der Waals surface area contributed by atoms with Gasteiger partial charge in [-0.2, -0.15) is 25.4 Å². The lowest BCUT2D eigenvalue weighted by Crippen LogP contribution is -2.25. The van der Waals surface area contributed by atoms with Crippen molar-refractivity contribution < 1.29 is 4.92 Å². The first-order chi connectivity index (χ1) is 19.4. The van der Waals surface area contributed by atoms with E-state index in [1.807, 2.05) is 66.7 Å². The van der Waals surface area contributed by atoms with Crippen molar-refractivity contribution in [2.45, 2.75) is 0 Å². The maximum absolute atomic E-state index is 13.4. The van der Waals surface area contributed by atoms with Gasteiger partial charge in [-0.05, 0) is 18.2 Å². The van der Waals surface area contributed by atoms with Crippen LogP contribution in [-0.2, 0) is 0 Å². The van der Waals surface area contributed by atoms with Crippen LogP contribution in [0, 0.1) is 32.8 Å². The minimum Gasteiger partial charge on any atom is -0.382 e. The summed E-state index contributed by atoms with van der Waals surface area (Å²) in [7, 11) is 0. The molecular formula is C29H18N8O3. The Labute approximate surface area is 227 Å². The molecule has 0 aliphatic rings. The smallest absolute Gasteiger partial charge is 0.291 e. The molecule has 0 atom stereocenters. The van der Waals surface area contributed by atoms with E-state index in [9.17, 15) is 25.4 Å². The molecule has 0 saturated heterocycles. The number of benzene rings is 3. The van der Waals surface area contributed by atoms with Crippen LogP contribution in [0.2, 0.25) is 0 Å². The molecule has 3 aromatic carbocycles. The van der Waals surface area contributed by atoms with Crippen LogP contribution in [0.3, 0.4) is 0 Å². The van der Waals surface area contributed by atoms with Crippen LogP contribution in [0.1, 0.15) is 16.7 Å². The van der Waals surface area contributed by atoms with E-state index >= 15 is 0 Å². The van der Waals surface area contributed by atoms with E-state index in [0.29, 0.717) is 11.3 Å². The fraction of sp³-hybridized carbons (Fsp3) is 0. The number of nitriles is 2. The molecule has 0 unspecified atom stereocenters. The van der Waals surface area contributed by atoms with Crippen molar-refractivity contribution >= 4 is 17.7 Å². The summed E-state index contributed by atoms with van der Waals surface area (Å²) in [5.74, 6) is -0.368. The molecule has 5 aromatic rings. The van der Waals surface area contributed by atoms with Crippen LogP contribution in [0.4, 0.5) is 11.5 Å². The molecular weight excluding hydrogens is 508 g/mol. The standard InChI is InChI=1S/C29H18N8O3/c30-15-23-26(22-13-7-8-14-25(22)37(39)40)24(16-31)29(38)36(28(23)32)33-17-20-18-35(21-11-5-2-6-12-21)34-27(20)19-9-3-1-4-10-19/h1-14,17-18H,32H2/b33-17+. The van der Waals surface area contributed by atoms with E-state index < -0.39 is 16.0 Å². The zero-order chi connectivity index (χ0) is 28.2. The maximum Gasteiger partial charge on any atom is 0.291 e. The summed E-state index contributed by atoms with van der Waals surface area (Å²) in [5, 5.41) is 40.4.